The van der Waals surface area contributed by atoms with Gasteiger partial charge in [-0.3, -0.25) is 14.7 Å². The number of para-hydroxylation sites is 1. The second kappa shape index (κ2) is 9.31. The van der Waals surface area contributed by atoms with Gasteiger partial charge in [-0.05, 0) is 49.7 Å². The third-order valence-electron chi connectivity index (χ3n) is 5.30. The summed E-state index contributed by atoms with van der Waals surface area (Å²) < 4.78 is 0. The lowest BCUT2D eigenvalue weighted by atomic mass is 10.1. The summed E-state index contributed by atoms with van der Waals surface area (Å²) in [6, 6.07) is 18.6. The Bertz CT molecular complexity index is 987. The monoisotopic (exact) mass is 437 g/mol. The minimum Gasteiger partial charge on any atom is -0.334 e. The average molecular weight is 438 g/mol. The molecule has 156 valence electrons. The van der Waals surface area contributed by atoms with E-state index in [0.717, 1.165) is 40.1 Å². The number of unbranched alkanes of at least 4 members (excludes halogenated alkanes) is 1. The Morgan fingerprint density at radius 1 is 0.967 bits per heavy atom. The number of aliphatic imine (C=N–C) groups is 1. The Morgan fingerprint density at radius 3 is 2.43 bits per heavy atom. The van der Waals surface area contributed by atoms with E-state index >= 15 is 0 Å². The van der Waals surface area contributed by atoms with Gasteiger partial charge in [0.05, 0.1) is 11.7 Å². The largest absolute Gasteiger partial charge is 0.334 e. The Kier molecular flexibility index (Phi) is 6.54. The van der Waals surface area contributed by atoms with Gasteiger partial charge in [0.25, 0.3) is 5.91 Å². The molecule has 0 aromatic heterocycles. The first-order valence-corrected chi connectivity index (χ1v) is 12.2. The Morgan fingerprint density at radius 2 is 1.70 bits per heavy atom. The topological polar surface area (TPSA) is 35.9 Å². The Labute approximate surface area is 187 Å². The number of amidine groups is 1. The molecule has 0 saturated carbocycles. The van der Waals surface area contributed by atoms with Crippen LogP contribution in [0.3, 0.4) is 0 Å². The summed E-state index contributed by atoms with van der Waals surface area (Å²) in [5.41, 5.74) is 2.34. The van der Waals surface area contributed by atoms with E-state index in [1.54, 1.807) is 11.8 Å². The molecule has 0 spiro atoms. The van der Waals surface area contributed by atoms with Crippen molar-refractivity contribution in [2.45, 2.75) is 44.6 Å². The van der Waals surface area contributed by atoms with Crippen molar-refractivity contribution in [2.24, 2.45) is 4.99 Å². The molecule has 0 bridgehead atoms. The van der Waals surface area contributed by atoms with Crippen molar-refractivity contribution < 1.29 is 4.79 Å². The molecule has 30 heavy (non-hydrogen) atoms. The van der Waals surface area contributed by atoms with E-state index in [9.17, 15) is 4.79 Å². The van der Waals surface area contributed by atoms with Gasteiger partial charge in [0.2, 0.25) is 0 Å². The minimum absolute atomic E-state index is 0.00526. The number of thioether (sulfide) groups is 2. The molecule has 4 nitrogen and oxygen atoms in total. The van der Waals surface area contributed by atoms with Crippen molar-refractivity contribution in [1.29, 1.82) is 0 Å². The first-order valence-electron chi connectivity index (χ1n) is 10.5. The van der Waals surface area contributed by atoms with E-state index in [0.29, 0.717) is 6.54 Å². The number of fused-ring (bicyclic) bond motifs is 1. The quantitative estimate of drug-likeness (QED) is 0.498. The van der Waals surface area contributed by atoms with Crippen LogP contribution in [0, 0.1) is 0 Å². The lowest BCUT2D eigenvalue weighted by Crippen LogP contribution is -2.31. The van der Waals surface area contributed by atoms with E-state index in [-0.39, 0.29) is 11.9 Å². The summed E-state index contributed by atoms with van der Waals surface area (Å²) in [4.78, 5) is 24.6. The second-order valence-corrected chi connectivity index (χ2v) is 9.37. The number of carbonyl (C=O) groups excluding carboxylic acids is 1. The number of hydrogen-bond donors (Lipinski definition) is 0. The summed E-state index contributed by atoms with van der Waals surface area (Å²) >= 11 is 3.23. The van der Waals surface area contributed by atoms with Crippen LogP contribution in [0.2, 0.25) is 0 Å². The average Bonchev–Trinajstić information content (AvgIpc) is 3.29. The molecular weight excluding hydrogens is 410 g/mol. The molecule has 0 radical (unpaired) electrons. The van der Waals surface area contributed by atoms with E-state index < -0.39 is 0 Å². The van der Waals surface area contributed by atoms with Crippen LogP contribution in [-0.2, 0) is 4.79 Å². The standard InChI is InChI=1S/C24H27N3OS2/c1-4-6-16-27-22(28)21(23-26(5-2)19-14-10-11-15-20(19)29-23)30-24(27)25-17(3)18-12-8-7-9-13-18/h7-15,17H,4-6,16H2,1-3H3/b23-21-,25-24?/t17-/m0/s1. The maximum Gasteiger partial charge on any atom is 0.269 e. The molecule has 2 heterocycles. The van der Waals surface area contributed by atoms with Crippen molar-refractivity contribution in [3.05, 3.63) is 70.1 Å². The number of benzene rings is 2. The number of carbonyl (C=O) groups is 1. The molecule has 1 fully saturated rings. The molecule has 2 aliphatic rings. The molecular formula is C24H27N3OS2. The van der Waals surface area contributed by atoms with Crippen molar-refractivity contribution in [2.75, 3.05) is 18.0 Å². The predicted molar refractivity (Wildman–Crippen MR) is 129 cm³/mol. The van der Waals surface area contributed by atoms with Crippen LogP contribution < -0.4 is 4.90 Å². The smallest absolute Gasteiger partial charge is 0.269 e. The third-order valence-corrected chi connectivity index (χ3v) is 7.70. The number of hydrogen-bond acceptors (Lipinski definition) is 5. The Hall–Kier alpha value is -2.18. The predicted octanol–water partition coefficient (Wildman–Crippen LogP) is 6.28. The highest BCUT2D eigenvalue weighted by atomic mass is 32.2. The fraction of sp³-hybridized carbons (Fsp3) is 0.333. The molecule has 6 heteroatoms. The van der Waals surface area contributed by atoms with Crippen LogP contribution in [0.25, 0.3) is 0 Å². The van der Waals surface area contributed by atoms with E-state index in [1.165, 1.54) is 22.3 Å². The fourth-order valence-electron chi connectivity index (χ4n) is 3.63. The summed E-state index contributed by atoms with van der Waals surface area (Å²) in [6.45, 7) is 7.92. The van der Waals surface area contributed by atoms with Gasteiger partial charge >= 0.3 is 0 Å². The zero-order chi connectivity index (χ0) is 21.1. The summed E-state index contributed by atoms with van der Waals surface area (Å²) in [5.74, 6) is 0.0845. The van der Waals surface area contributed by atoms with E-state index in [2.05, 4.69) is 62.1 Å². The minimum atomic E-state index is 0.00526. The first kappa shape index (κ1) is 21.1. The van der Waals surface area contributed by atoms with Crippen LogP contribution >= 0.6 is 23.5 Å². The SMILES string of the molecule is CCCCN1C(=O)/C(=C2/Sc3ccccc3N2CC)SC1=N[C@@H](C)c1ccccc1. The molecule has 2 aromatic carbocycles. The summed E-state index contributed by atoms with van der Waals surface area (Å²) in [6.07, 6.45) is 2.02. The Balaban J connectivity index is 1.70. The normalized spacial score (nSPS) is 20.9. The van der Waals surface area contributed by atoms with Crippen LogP contribution in [0.15, 0.2) is 74.4 Å². The van der Waals surface area contributed by atoms with Crippen molar-refractivity contribution >= 4 is 40.3 Å². The molecule has 1 amide bonds. The van der Waals surface area contributed by atoms with Crippen molar-refractivity contribution in [3.8, 4) is 0 Å². The van der Waals surface area contributed by atoms with Crippen molar-refractivity contribution in [1.82, 2.24) is 4.90 Å². The van der Waals surface area contributed by atoms with Gasteiger partial charge in [0, 0.05) is 18.0 Å². The van der Waals surface area contributed by atoms with Gasteiger partial charge in [-0.1, -0.05) is 67.6 Å². The van der Waals surface area contributed by atoms with Crippen LogP contribution in [-0.4, -0.2) is 29.1 Å². The maximum absolute atomic E-state index is 13.5. The van der Waals surface area contributed by atoms with E-state index in [1.807, 2.05) is 23.1 Å². The number of anilines is 1. The van der Waals surface area contributed by atoms with Gasteiger partial charge < -0.3 is 4.90 Å². The summed E-state index contributed by atoms with van der Waals surface area (Å²) in [5, 5.41) is 1.85. The lowest BCUT2D eigenvalue weighted by Gasteiger charge is -2.19. The van der Waals surface area contributed by atoms with Gasteiger partial charge in [0.1, 0.15) is 9.93 Å². The zero-order valence-corrected chi connectivity index (χ0v) is 19.3. The second-order valence-electron chi connectivity index (χ2n) is 7.36. The fourth-order valence-corrected chi connectivity index (χ4v) is 6.11. The molecule has 4 rings (SSSR count). The maximum atomic E-state index is 13.5. The van der Waals surface area contributed by atoms with Gasteiger partial charge in [-0.15, -0.1) is 0 Å². The van der Waals surface area contributed by atoms with Crippen molar-refractivity contribution in [3.63, 3.8) is 0 Å². The first-order chi connectivity index (χ1) is 14.6. The van der Waals surface area contributed by atoms with Crippen LogP contribution in [0.1, 0.15) is 45.2 Å². The molecule has 1 saturated heterocycles. The van der Waals surface area contributed by atoms with Gasteiger partial charge in [-0.2, -0.15) is 0 Å². The number of amides is 1. The molecule has 2 aromatic rings. The van der Waals surface area contributed by atoms with Gasteiger partial charge in [-0.25, -0.2) is 0 Å². The molecule has 1 atom stereocenters. The highest BCUT2D eigenvalue weighted by Gasteiger charge is 2.39. The number of rotatable bonds is 6. The van der Waals surface area contributed by atoms with Crippen LogP contribution in [0.4, 0.5) is 5.69 Å². The molecule has 0 N–H and O–H groups in total. The number of nitrogens with zero attached hydrogens (tertiary/aromatic N) is 3. The molecule has 0 unspecified atom stereocenters. The highest BCUT2D eigenvalue weighted by molar-refractivity contribution is 8.19. The van der Waals surface area contributed by atoms with Gasteiger partial charge in [0.15, 0.2) is 5.17 Å². The molecule has 0 aliphatic carbocycles. The highest BCUT2D eigenvalue weighted by Crippen LogP contribution is 2.50. The zero-order valence-electron chi connectivity index (χ0n) is 17.7. The third kappa shape index (κ3) is 4.03. The summed E-state index contributed by atoms with van der Waals surface area (Å²) in [7, 11) is 0. The molecule has 2 aliphatic heterocycles. The van der Waals surface area contributed by atoms with Crippen LogP contribution in [0.5, 0.6) is 0 Å². The van der Waals surface area contributed by atoms with E-state index in [4.69, 9.17) is 4.99 Å². The lowest BCUT2D eigenvalue weighted by molar-refractivity contribution is -0.122.